The summed E-state index contributed by atoms with van der Waals surface area (Å²) in [6, 6.07) is 19.9. The number of rotatable bonds is 7. The van der Waals surface area contributed by atoms with Crippen molar-refractivity contribution in [2.75, 3.05) is 13.1 Å². The molecular formula is C28H27ClFN3O2S. The fraction of sp³-hybridized carbons (Fsp3) is 0.321. The van der Waals surface area contributed by atoms with Crippen LogP contribution in [0.5, 0.6) is 0 Å². The van der Waals surface area contributed by atoms with Crippen molar-refractivity contribution in [2.24, 2.45) is 5.92 Å². The second kappa shape index (κ2) is 9.54. The first kappa shape index (κ1) is 24.8. The summed E-state index contributed by atoms with van der Waals surface area (Å²) in [6.45, 7) is 3.06. The normalized spacial score (nSPS) is 17.8. The molecule has 1 saturated heterocycles. The minimum absolute atomic E-state index is 0. The lowest BCUT2D eigenvalue weighted by atomic mass is 9.92. The predicted octanol–water partition coefficient (Wildman–Crippen LogP) is 6.47. The summed E-state index contributed by atoms with van der Waals surface area (Å²) in [5.74, 6) is -1.40. The molecule has 0 amide bonds. The van der Waals surface area contributed by atoms with Crippen molar-refractivity contribution in [3.63, 3.8) is 0 Å². The molecular weight excluding hydrogens is 497 g/mol. The number of fused-ring (bicyclic) bond motifs is 1. The van der Waals surface area contributed by atoms with Gasteiger partial charge < -0.3 is 5.11 Å². The van der Waals surface area contributed by atoms with Crippen LogP contribution >= 0.6 is 23.7 Å². The van der Waals surface area contributed by atoms with Crippen molar-refractivity contribution in [3.05, 3.63) is 83.3 Å². The third-order valence-electron chi connectivity index (χ3n) is 7.52. The largest absolute Gasteiger partial charge is 0.481 e. The summed E-state index contributed by atoms with van der Waals surface area (Å²) in [4.78, 5) is 23.7. The van der Waals surface area contributed by atoms with E-state index in [1.807, 2.05) is 25.1 Å². The van der Waals surface area contributed by atoms with Crippen molar-refractivity contribution in [1.82, 2.24) is 14.9 Å². The monoisotopic (exact) mass is 523 g/mol. The summed E-state index contributed by atoms with van der Waals surface area (Å²) in [7, 11) is 0. The topological polar surface area (TPSA) is 66.3 Å². The molecule has 1 unspecified atom stereocenters. The van der Waals surface area contributed by atoms with Gasteiger partial charge in [0.2, 0.25) is 0 Å². The van der Waals surface area contributed by atoms with Crippen LogP contribution in [-0.4, -0.2) is 39.0 Å². The average Bonchev–Trinajstić information content (AvgIpc) is 3.54. The summed E-state index contributed by atoms with van der Waals surface area (Å²) >= 11 is 1.43. The summed E-state index contributed by atoms with van der Waals surface area (Å²) in [5.41, 5.74) is 4.47. The van der Waals surface area contributed by atoms with E-state index in [1.165, 1.54) is 16.9 Å². The van der Waals surface area contributed by atoms with E-state index in [1.54, 1.807) is 12.1 Å². The molecule has 2 aromatic carbocycles. The van der Waals surface area contributed by atoms with Gasteiger partial charge in [0.25, 0.3) is 0 Å². The number of aromatic nitrogens is 2. The third-order valence-corrected chi connectivity index (χ3v) is 8.52. The van der Waals surface area contributed by atoms with Crippen molar-refractivity contribution < 1.29 is 14.3 Å². The molecule has 186 valence electrons. The van der Waals surface area contributed by atoms with Crippen LogP contribution in [0.3, 0.4) is 0 Å². The van der Waals surface area contributed by atoms with E-state index in [-0.39, 0.29) is 35.6 Å². The van der Waals surface area contributed by atoms with Gasteiger partial charge in [0.05, 0.1) is 11.6 Å². The van der Waals surface area contributed by atoms with Crippen LogP contribution in [0.1, 0.15) is 49.0 Å². The van der Waals surface area contributed by atoms with Gasteiger partial charge in [-0.2, -0.15) is 0 Å². The lowest BCUT2D eigenvalue weighted by Crippen LogP contribution is -2.51. The highest BCUT2D eigenvalue weighted by atomic mass is 35.5. The van der Waals surface area contributed by atoms with Crippen molar-refractivity contribution >= 4 is 40.1 Å². The Hall–Kier alpha value is -2.87. The standard InChI is InChI=1S/C28H26FN3O2S.ClH/c1-2-23(32-15-18(16-32)27(33)34)17-8-9-20(21(29)14-17)25-30-22-10-11-24(31-26(22)35-25)28(12-13-28)19-6-4-3-5-7-19;/h3-11,14,18,23H,2,12-13,15-16H2,1H3,(H,33,34);1H. The predicted molar refractivity (Wildman–Crippen MR) is 142 cm³/mol. The molecule has 1 atom stereocenters. The molecule has 1 saturated carbocycles. The van der Waals surface area contributed by atoms with Crippen LogP contribution in [0.25, 0.3) is 20.9 Å². The number of benzene rings is 2. The first-order chi connectivity index (χ1) is 17.0. The zero-order valence-electron chi connectivity index (χ0n) is 19.9. The van der Waals surface area contributed by atoms with E-state index < -0.39 is 5.97 Å². The average molecular weight is 524 g/mol. The van der Waals surface area contributed by atoms with Crippen LogP contribution in [0.15, 0.2) is 60.7 Å². The molecule has 3 heterocycles. The van der Waals surface area contributed by atoms with Gasteiger partial charge in [0.1, 0.15) is 21.2 Å². The number of carboxylic acids is 1. The van der Waals surface area contributed by atoms with E-state index >= 15 is 4.39 Å². The molecule has 1 aliphatic carbocycles. The van der Waals surface area contributed by atoms with E-state index in [0.717, 1.165) is 40.9 Å². The van der Waals surface area contributed by atoms with E-state index in [9.17, 15) is 4.79 Å². The van der Waals surface area contributed by atoms with Gasteiger partial charge in [0, 0.05) is 30.1 Å². The zero-order valence-corrected chi connectivity index (χ0v) is 21.5. The van der Waals surface area contributed by atoms with Crippen LogP contribution in [0.4, 0.5) is 4.39 Å². The minimum Gasteiger partial charge on any atom is -0.481 e. The van der Waals surface area contributed by atoms with Crippen molar-refractivity contribution in [2.45, 2.75) is 37.6 Å². The van der Waals surface area contributed by atoms with Crippen LogP contribution in [0, 0.1) is 11.7 Å². The van der Waals surface area contributed by atoms with Gasteiger partial charge in [-0.05, 0) is 54.7 Å². The Kier molecular flexibility index (Phi) is 6.57. The molecule has 0 spiro atoms. The fourth-order valence-corrected chi connectivity index (χ4v) is 6.28. The SMILES string of the molecule is CCC(c1ccc(-c2nc3ccc(C4(c5ccccc5)CC4)nc3s2)c(F)c1)N1CC(C(=O)O)C1.Cl. The Morgan fingerprint density at radius 2 is 1.89 bits per heavy atom. The maximum Gasteiger partial charge on any atom is 0.309 e. The minimum atomic E-state index is -0.762. The van der Waals surface area contributed by atoms with Gasteiger partial charge >= 0.3 is 5.97 Å². The Labute approximate surface area is 219 Å². The highest BCUT2D eigenvalue weighted by Gasteiger charge is 2.47. The second-order valence-corrected chi connectivity index (χ2v) is 10.6. The number of pyridine rings is 1. The maximum absolute atomic E-state index is 15.3. The highest BCUT2D eigenvalue weighted by Crippen LogP contribution is 2.53. The Bertz CT molecular complexity index is 1420. The van der Waals surface area contributed by atoms with Gasteiger partial charge in [-0.25, -0.2) is 14.4 Å². The van der Waals surface area contributed by atoms with E-state index in [2.05, 4.69) is 40.2 Å². The van der Waals surface area contributed by atoms with Crippen LogP contribution in [-0.2, 0) is 10.2 Å². The third kappa shape index (κ3) is 4.19. The van der Waals surface area contributed by atoms with Gasteiger partial charge in [-0.3, -0.25) is 9.69 Å². The van der Waals surface area contributed by atoms with Crippen molar-refractivity contribution in [1.29, 1.82) is 0 Å². The van der Waals surface area contributed by atoms with Crippen LogP contribution in [0.2, 0.25) is 0 Å². The molecule has 0 radical (unpaired) electrons. The number of halogens is 2. The summed E-state index contributed by atoms with van der Waals surface area (Å²) < 4.78 is 15.3. The Morgan fingerprint density at radius 3 is 2.53 bits per heavy atom. The molecule has 2 aliphatic rings. The van der Waals surface area contributed by atoms with Gasteiger partial charge in [-0.1, -0.05) is 54.7 Å². The molecule has 0 bridgehead atoms. The number of carbonyl (C=O) groups is 1. The zero-order chi connectivity index (χ0) is 24.2. The molecule has 4 aromatic rings. The number of carboxylic acid groups (broad SMARTS) is 1. The molecule has 1 aliphatic heterocycles. The number of hydrogen-bond acceptors (Lipinski definition) is 5. The van der Waals surface area contributed by atoms with Gasteiger partial charge in [-0.15, -0.1) is 12.4 Å². The molecule has 2 aromatic heterocycles. The van der Waals surface area contributed by atoms with E-state index in [4.69, 9.17) is 10.1 Å². The molecule has 36 heavy (non-hydrogen) atoms. The number of nitrogens with zero attached hydrogens (tertiary/aromatic N) is 3. The quantitative estimate of drug-likeness (QED) is 0.301. The first-order valence-electron chi connectivity index (χ1n) is 12.1. The maximum atomic E-state index is 15.3. The smallest absolute Gasteiger partial charge is 0.309 e. The molecule has 5 nitrogen and oxygen atoms in total. The summed E-state index contributed by atoms with van der Waals surface area (Å²) in [5, 5.41) is 9.79. The van der Waals surface area contributed by atoms with Crippen molar-refractivity contribution in [3.8, 4) is 10.6 Å². The second-order valence-electron chi connectivity index (χ2n) is 9.64. The molecule has 2 fully saturated rings. The number of thiazole rings is 1. The fourth-order valence-electron chi connectivity index (χ4n) is 5.31. The summed E-state index contributed by atoms with van der Waals surface area (Å²) in [6.07, 6.45) is 2.96. The lowest BCUT2D eigenvalue weighted by molar-refractivity contribution is -0.148. The van der Waals surface area contributed by atoms with Crippen LogP contribution < -0.4 is 0 Å². The van der Waals surface area contributed by atoms with E-state index in [0.29, 0.717) is 23.7 Å². The molecule has 6 rings (SSSR count). The molecule has 8 heteroatoms. The number of likely N-dealkylation sites (tertiary alicyclic amines) is 1. The van der Waals surface area contributed by atoms with Gasteiger partial charge in [0.15, 0.2) is 0 Å². The Morgan fingerprint density at radius 1 is 1.14 bits per heavy atom. The highest BCUT2D eigenvalue weighted by molar-refractivity contribution is 7.21. The number of aliphatic carboxylic acids is 1. The first-order valence-corrected chi connectivity index (χ1v) is 12.9. The lowest BCUT2D eigenvalue weighted by Gasteiger charge is -2.42. The number of hydrogen-bond donors (Lipinski definition) is 1. The molecule has 1 N–H and O–H groups in total. The Balaban J connectivity index is 0.00000267.